The second-order valence-electron chi connectivity index (χ2n) is 5.44. The molecule has 1 fully saturated rings. The third kappa shape index (κ3) is 5.88. The fraction of sp³-hybridized carbons (Fsp3) is 0.857. The van der Waals surface area contributed by atoms with Gasteiger partial charge in [-0.2, -0.15) is 0 Å². The highest BCUT2D eigenvalue weighted by Crippen LogP contribution is 2.11. The maximum absolute atomic E-state index is 11.9. The van der Waals surface area contributed by atoms with Crippen LogP contribution in [0.3, 0.4) is 0 Å². The van der Waals surface area contributed by atoms with Crippen LogP contribution in [0, 0.1) is 0 Å². The van der Waals surface area contributed by atoms with Gasteiger partial charge in [0, 0.05) is 19.1 Å². The van der Waals surface area contributed by atoms with Gasteiger partial charge in [0.2, 0.25) is 5.91 Å². The lowest BCUT2D eigenvalue weighted by Gasteiger charge is -2.28. The van der Waals surface area contributed by atoms with Gasteiger partial charge in [0.1, 0.15) is 0 Å². The summed E-state index contributed by atoms with van der Waals surface area (Å²) in [7, 11) is 1.92. The molecule has 6 nitrogen and oxygen atoms in total. The van der Waals surface area contributed by atoms with Crippen molar-refractivity contribution in [2.24, 2.45) is 0 Å². The van der Waals surface area contributed by atoms with E-state index in [0.29, 0.717) is 12.6 Å². The summed E-state index contributed by atoms with van der Waals surface area (Å²) < 4.78 is 0. The van der Waals surface area contributed by atoms with Crippen molar-refractivity contribution in [1.82, 2.24) is 20.9 Å². The summed E-state index contributed by atoms with van der Waals surface area (Å²) in [6, 6.07) is -0.169. The van der Waals surface area contributed by atoms with Gasteiger partial charge in [0.25, 0.3) is 0 Å². The van der Waals surface area contributed by atoms with E-state index in [9.17, 15) is 9.59 Å². The van der Waals surface area contributed by atoms with Gasteiger partial charge in [-0.25, -0.2) is 4.79 Å². The van der Waals surface area contributed by atoms with Crippen LogP contribution in [0.15, 0.2) is 0 Å². The summed E-state index contributed by atoms with van der Waals surface area (Å²) >= 11 is 0. The molecule has 0 bridgehead atoms. The van der Waals surface area contributed by atoms with Crippen LogP contribution in [0.4, 0.5) is 4.79 Å². The molecule has 1 rings (SSSR count). The fourth-order valence-electron chi connectivity index (χ4n) is 2.34. The molecule has 0 aliphatic carbocycles. The lowest BCUT2D eigenvalue weighted by molar-refractivity contribution is -0.124. The van der Waals surface area contributed by atoms with E-state index in [1.165, 1.54) is 19.3 Å². The number of hydrogen-bond acceptors (Lipinski definition) is 4. The number of nitrogens with one attached hydrogen (secondary N) is 3. The molecular formula is C14H28N4O2. The van der Waals surface area contributed by atoms with E-state index in [1.807, 2.05) is 25.8 Å². The van der Waals surface area contributed by atoms with Crippen LogP contribution in [-0.4, -0.2) is 55.6 Å². The Kier molecular flexibility index (Phi) is 7.54. The highest BCUT2D eigenvalue weighted by molar-refractivity contribution is 5.96. The zero-order valence-corrected chi connectivity index (χ0v) is 12.9. The number of likely N-dealkylation sites (N-methyl/N-ethyl adjacent to an activating group) is 1. The number of rotatable bonds is 6. The Morgan fingerprint density at radius 2 is 2.15 bits per heavy atom. The molecule has 0 aromatic rings. The first-order chi connectivity index (χ1) is 9.54. The number of carbonyl (C=O) groups is 2. The number of amides is 3. The predicted molar refractivity (Wildman–Crippen MR) is 79.6 cm³/mol. The average molecular weight is 284 g/mol. The second kappa shape index (κ2) is 8.92. The highest BCUT2D eigenvalue weighted by Gasteiger charge is 2.21. The minimum atomic E-state index is -0.424. The van der Waals surface area contributed by atoms with Gasteiger partial charge in [0.15, 0.2) is 0 Å². The Labute approximate surface area is 121 Å². The van der Waals surface area contributed by atoms with Crippen molar-refractivity contribution in [1.29, 1.82) is 0 Å². The third-order valence-electron chi connectivity index (χ3n) is 3.86. The van der Waals surface area contributed by atoms with E-state index in [2.05, 4.69) is 16.0 Å². The smallest absolute Gasteiger partial charge is 0.321 e. The number of nitrogens with zero attached hydrogens (tertiary/aromatic N) is 1. The number of carbonyl (C=O) groups excluding carboxylic acids is 2. The molecule has 116 valence electrons. The quantitative estimate of drug-likeness (QED) is 0.671. The van der Waals surface area contributed by atoms with Crippen molar-refractivity contribution in [3.63, 3.8) is 0 Å². The fourth-order valence-corrected chi connectivity index (χ4v) is 2.34. The van der Waals surface area contributed by atoms with Crippen molar-refractivity contribution >= 4 is 11.9 Å². The van der Waals surface area contributed by atoms with E-state index in [4.69, 9.17) is 0 Å². The van der Waals surface area contributed by atoms with Crippen LogP contribution >= 0.6 is 0 Å². The summed E-state index contributed by atoms with van der Waals surface area (Å²) in [4.78, 5) is 25.2. The van der Waals surface area contributed by atoms with Crippen LogP contribution in [0.1, 0.15) is 39.5 Å². The second-order valence-corrected chi connectivity index (χ2v) is 5.44. The standard InChI is InChI=1S/C14H28N4O2/c1-4-15-14(20)17-13(19)11(2)18(3)10-8-12-7-5-6-9-16-12/h11-12,16H,4-10H2,1-3H3,(H2,15,17,19,20). The first kappa shape index (κ1) is 16.9. The first-order valence-electron chi connectivity index (χ1n) is 7.57. The monoisotopic (exact) mass is 284 g/mol. The Morgan fingerprint density at radius 3 is 2.75 bits per heavy atom. The molecule has 20 heavy (non-hydrogen) atoms. The van der Waals surface area contributed by atoms with Crippen molar-refractivity contribution in [3.05, 3.63) is 0 Å². The zero-order valence-electron chi connectivity index (χ0n) is 12.9. The maximum atomic E-state index is 11.9. The molecule has 1 heterocycles. The lowest BCUT2D eigenvalue weighted by Crippen LogP contribution is -2.49. The Balaban J connectivity index is 2.28. The van der Waals surface area contributed by atoms with Crippen LogP contribution in [0.5, 0.6) is 0 Å². The summed E-state index contributed by atoms with van der Waals surface area (Å²) in [6.45, 7) is 6.10. The maximum Gasteiger partial charge on any atom is 0.321 e. The first-order valence-corrected chi connectivity index (χ1v) is 7.57. The number of hydrogen-bond donors (Lipinski definition) is 3. The Morgan fingerprint density at radius 1 is 1.40 bits per heavy atom. The van der Waals surface area contributed by atoms with E-state index in [0.717, 1.165) is 19.5 Å². The zero-order chi connectivity index (χ0) is 15.0. The van der Waals surface area contributed by atoms with Crippen molar-refractivity contribution in [3.8, 4) is 0 Å². The molecule has 2 atom stereocenters. The molecular weight excluding hydrogens is 256 g/mol. The molecule has 1 saturated heterocycles. The van der Waals surface area contributed by atoms with Gasteiger partial charge in [-0.1, -0.05) is 6.42 Å². The van der Waals surface area contributed by atoms with E-state index in [-0.39, 0.29) is 11.9 Å². The summed E-state index contributed by atoms with van der Waals surface area (Å²) in [5, 5.41) is 8.41. The van der Waals surface area contributed by atoms with Gasteiger partial charge in [0.05, 0.1) is 6.04 Å². The summed E-state index contributed by atoms with van der Waals surface area (Å²) in [5.41, 5.74) is 0. The SMILES string of the molecule is CCNC(=O)NC(=O)C(C)N(C)CCC1CCCCN1. The molecule has 0 saturated carbocycles. The van der Waals surface area contributed by atoms with Crippen molar-refractivity contribution < 1.29 is 9.59 Å². The predicted octanol–water partition coefficient (Wildman–Crippen LogP) is 0.685. The molecule has 2 unspecified atom stereocenters. The molecule has 0 aromatic carbocycles. The van der Waals surface area contributed by atoms with Crippen LogP contribution in [0.25, 0.3) is 0 Å². The normalized spacial score (nSPS) is 20.5. The number of imide groups is 1. The van der Waals surface area contributed by atoms with E-state index >= 15 is 0 Å². The van der Waals surface area contributed by atoms with Crippen molar-refractivity contribution in [2.45, 2.75) is 51.6 Å². The van der Waals surface area contributed by atoms with Gasteiger partial charge in [-0.3, -0.25) is 15.0 Å². The molecule has 3 N–H and O–H groups in total. The van der Waals surface area contributed by atoms with Crippen molar-refractivity contribution in [2.75, 3.05) is 26.7 Å². The lowest BCUT2D eigenvalue weighted by atomic mass is 10.0. The summed E-state index contributed by atoms with van der Waals surface area (Å²) in [5.74, 6) is -0.255. The topological polar surface area (TPSA) is 73.5 Å². The molecule has 1 aliphatic rings. The molecule has 0 radical (unpaired) electrons. The molecule has 0 spiro atoms. The van der Waals surface area contributed by atoms with Gasteiger partial charge in [-0.15, -0.1) is 0 Å². The minimum absolute atomic E-state index is 0.255. The van der Waals surface area contributed by atoms with Crippen LogP contribution in [-0.2, 0) is 4.79 Å². The van der Waals surface area contributed by atoms with E-state index < -0.39 is 6.03 Å². The Bertz CT molecular complexity index is 316. The molecule has 3 amide bonds. The number of piperidine rings is 1. The minimum Gasteiger partial charge on any atom is -0.338 e. The van der Waals surface area contributed by atoms with E-state index in [1.54, 1.807) is 0 Å². The third-order valence-corrected chi connectivity index (χ3v) is 3.86. The average Bonchev–Trinajstić information content (AvgIpc) is 2.45. The van der Waals surface area contributed by atoms with Crippen LogP contribution < -0.4 is 16.0 Å². The molecule has 1 aliphatic heterocycles. The van der Waals surface area contributed by atoms with Gasteiger partial charge < -0.3 is 10.6 Å². The molecule has 0 aromatic heterocycles. The number of urea groups is 1. The van der Waals surface area contributed by atoms with Crippen LogP contribution in [0.2, 0.25) is 0 Å². The van der Waals surface area contributed by atoms with Gasteiger partial charge in [-0.05, 0) is 46.7 Å². The molecule has 6 heteroatoms. The Hall–Kier alpha value is -1.14. The summed E-state index contributed by atoms with van der Waals surface area (Å²) in [6.07, 6.45) is 4.80. The highest BCUT2D eigenvalue weighted by atomic mass is 16.2. The van der Waals surface area contributed by atoms with Gasteiger partial charge >= 0.3 is 6.03 Å². The largest absolute Gasteiger partial charge is 0.338 e.